The Labute approximate surface area is 141 Å². The van der Waals surface area contributed by atoms with Gasteiger partial charge in [-0.2, -0.15) is 0 Å². The van der Waals surface area contributed by atoms with Gasteiger partial charge in [0, 0.05) is 24.5 Å². The van der Waals surface area contributed by atoms with E-state index in [1.165, 1.54) is 18.9 Å². The van der Waals surface area contributed by atoms with Crippen molar-refractivity contribution in [1.82, 2.24) is 4.90 Å². The van der Waals surface area contributed by atoms with E-state index in [9.17, 15) is 9.59 Å². The first-order valence-electron chi connectivity index (χ1n) is 8.50. The molecule has 1 amide bonds. The average molecular weight is 329 g/mol. The molecule has 0 N–H and O–H groups in total. The Morgan fingerprint density at radius 2 is 1.79 bits per heavy atom. The van der Waals surface area contributed by atoms with Gasteiger partial charge in [0.25, 0.3) is 5.91 Å². The molecule has 3 rings (SSSR count). The molecule has 1 saturated heterocycles. The highest BCUT2D eigenvalue weighted by Gasteiger charge is 2.16. The smallest absolute Gasteiger partial charge is 0.336 e. The van der Waals surface area contributed by atoms with Crippen LogP contribution in [0.5, 0.6) is 5.75 Å². The van der Waals surface area contributed by atoms with E-state index < -0.39 is 0 Å². The number of carbonyl (C=O) groups excluding carboxylic acids is 1. The highest BCUT2D eigenvalue weighted by Crippen LogP contribution is 2.26. The van der Waals surface area contributed by atoms with Crippen molar-refractivity contribution in [3.8, 4) is 5.75 Å². The van der Waals surface area contributed by atoms with Gasteiger partial charge >= 0.3 is 5.63 Å². The minimum atomic E-state index is -0.357. The predicted molar refractivity (Wildman–Crippen MR) is 92.5 cm³/mol. The number of benzene rings is 1. The van der Waals surface area contributed by atoms with E-state index in [1.54, 1.807) is 6.07 Å². The van der Waals surface area contributed by atoms with Gasteiger partial charge in [-0.1, -0.05) is 12.8 Å². The molecule has 2 heterocycles. The monoisotopic (exact) mass is 329 g/mol. The van der Waals surface area contributed by atoms with E-state index in [2.05, 4.69) is 0 Å². The van der Waals surface area contributed by atoms with Gasteiger partial charge in [-0.05, 0) is 49.9 Å². The van der Waals surface area contributed by atoms with E-state index in [1.807, 2.05) is 24.8 Å². The molecule has 1 aliphatic rings. The zero-order valence-electron chi connectivity index (χ0n) is 14.3. The van der Waals surface area contributed by atoms with Crippen molar-refractivity contribution in [3.63, 3.8) is 0 Å². The van der Waals surface area contributed by atoms with E-state index >= 15 is 0 Å². The summed E-state index contributed by atoms with van der Waals surface area (Å²) in [5.74, 6) is 0.690. The Morgan fingerprint density at radius 3 is 2.50 bits per heavy atom. The van der Waals surface area contributed by atoms with Crippen LogP contribution in [0.25, 0.3) is 11.0 Å². The highest BCUT2D eigenvalue weighted by molar-refractivity contribution is 5.83. The molecule has 1 aliphatic heterocycles. The zero-order valence-corrected chi connectivity index (χ0v) is 14.3. The molecule has 5 heteroatoms. The molecule has 1 aromatic carbocycles. The largest absolute Gasteiger partial charge is 0.483 e. The average Bonchev–Trinajstić information content (AvgIpc) is 2.82. The van der Waals surface area contributed by atoms with Crippen LogP contribution >= 0.6 is 0 Å². The van der Waals surface area contributed by atoms with E-state index in [0.29, 0.717) is 11.3 Å². The summed E-state index contributed by atoms with van der Waals surface area (Å²) in [4.78, 5) is 25.7. The minimum absolute atomic E-state index is 0.0349. The Kier molecular flexibility index (Phi) is 4.88. The molecular formula is C19H23NO4. The highest BCUT2D eigenvalue weighted by atomic mass is 16.5. The number of aryl methyl sites for hydroxylation is 2. The van der Waals surface area contributed by atoms with Crippen LogP contribution in [-0.4, -0.2) is 30.5 Å². The van der Waals surface area contributed by atoms with Gasteiger partial charge in [0.05, 0.1) is 0 Å². The van der Waals surface area contributed by atoms with E-state index in [4.69, 9.17) is 9.15 Å². The topological polar surface area (TPSA) is 59.8 Å². The third kappa shape index (κ3) is 3.61. The zero-order chi connectivity index (χ0) is 17.1. The van der Waals surface area contributed by atoms with Crippen molar-refractivity contribution in [2.75, 3.05) is 19.7 Å². The van der Waals surface area contributed by atoms with Crippen molar-refractivity contribution in [2.24, 2.45) is 0 Å². The molecule has 0 unspecified atom stereocenters. The van der Waals surface area contributed by atoms with Crippen molar-refractivity contribution < 1.29 is 13.9 Å². The van der Waals surface area contributed by atoms with Crippen molar-refractivity contribution >= 4 is 16.9 Å². The summed E-state index contributed by atoms with van der Waals surface area (Å²) < 4.78 is 11.0. The number of likely N-dealkylation sites (tertiary alicyclic amines) is 1. The molecule has 0 atom stereocenters. The Bertz CT molecular complexity index is 801. The minimum Gasteiger partial charge on any atom is -0.483 e. The maximum absolute atomic E-state index is 12.4. The number of hydrogen-bond donors (Lipinski definition) is 0. The van der Waals surface area contributed by atoms with Gasteiger partial charge in [-0.25, -0.2) is 4.79 Å². The summed E-state index contributed by atoms with van der Waals surface area (Å²) in [6.07, 6.45) is 4.52. The lowest BCUT2D eigenvalue weighted by Gasteiger charge is -2.20. The van der Waals surface area contributed by atoms with Gasteiger partial charge in [-0.15, -0.1) is 0 Å². The molecule has 1 fully saturated rings. The van der Waals surface area contributed by atoms with Crippen LogP contribution in [0.1, 0.15) is 36.8 Å². The van der Waals surface area contributed by atoms with Crippen LogP contribution in [0.3, 0.4) is 0 Å². The number of ether oxygens (including phenoxy) is 1. The Hall–Kier alpha value is -2.30. The molecule has 0 saturated carbocycles. The van der Waals surface area contributed by atoms with Crippen LogP contribution < -0.4 is 10.4 Å². The molecule has 0 aliphatic carbocycles. The second-order valence-corrected chi connectivity index (χ2v) is 6.45. The summed E-state index contributed by atoms with van der Waals surface area (Å²) in [6.45, 7) is 5.43. The quantitative estimate of drug-likeness (QED) is 0.812. The molecule has 0 spiro atoms. The van der Waals surface area contributed by atoms with E-state index in [-0.39, 0.29) is 18.1 Å². The van der Waals surface area contributed by atoms with Gasteiger partial charge < -0.3 is 14.1 Å². The number of amides is 1. The summed E-state index contributed by atoms with van der Waals surface area (Å²) >= 11 is 0. The van der Waals surface area contributed by atoms with Gasteiger partial charge in [0.2, 0.25) is 0 Å². The first kappa shape index (κ1) is 16.6. The third-order valence-electron chi connectivity index (χ3n) is 4.56. The van der Waals surface area contributed by atoms with Crippen LogP contribution in [-0.2, 0) is 4.79 Å². The lowest BCUT2D eigenvalue weighted by Crippen LogP contribution is -2.35. The predicted octanol–water partition coefficient (Wildman–Crippen LogP) is 3.19. The Balaban J connectivity index is 1.76. The van der Waals surface area contributed by atoms with Gasteiger partial charge in [-0.3, -0.25) is 4.79 Å². The molecule has 1 aromatic heterocycles. The normalized spacial score (nSPS) is 15.3. The second-order valence-electron chi connectivity index (χ2n) is 6.45. The van der Waals surface area contributed by atoms with E-state index in [0.717, 1.165) is 42.4 Å². The van der Waals surface area contributed by atoms with Crippen molar-refractivity contribution in [1.29, 1.82) is 0 Å². The summed E-state index contributed by atoms with van der Waals surface area (Å²) in [7, 11) is 0. The van der Waals surface area contributed by atoms with Crippen LogP contribution in [0.2, 0.25) is 0 Å². The lowest BCUT2D eigenvalue weighted by molar-refractivity contribution is -0.133. The molecule has 0 bridgehead atoms. The maximum Gasteiger partial charge on any atom is 0.336 e. The molecule has 0 radical (unpaired) electrons. The fourth-order valence-corrected chi connectivity index (χ4v) is 3.15. The van der Waals surface area contributed by atoms with Crippen LogP contribution in [0, 0.1) is 13.8 Å². The third-order valence-corrected chi connectivity index (χ3v) is 4.56. The Morgan fingerprint density at radius 1 is 1.08 bits per heavy atom. The van der Waals surface area contributed by atoms with Crippen molar-refractivity contribution in [2.45, 2.75) is 39.5 Å². The number of fused-ring (bicyclic) bond motifs is 1. The first-order chi connectivity index (χ1) is 11.5. The summed E-state index contributed by atoms with van der Waals surface area (Å²) in [6, 6.07) is 5.10. The summed E-state index contributed by atoms with van der Waals surface area (Å²) in [5, 5.41) is 0.831. The van der Waals surface area contributed by atoms with Crippen molar-refractivity contribution in [3.05, 3.63) is 39.7 Å². The molecule has 2 aromatic rings. The molecule has 24 heavy (non-hydrogen) atoms. The number of rotatable bonds is 3. The number of hydrogen-bond acceptors (Lipinski definition) is 4. The fourth-order valence-electron chi connectivity index (χ4n) is 3.15. The molecule has 5 nitrogen and oxygen atoms in total. The number of carbonyl (C=O) groups is 1. The molecular weight excluding hydrogens is 306 g/mol. The standard InChI is InChI=1S/C19H23NO4/c1-13-10-19(22)24-17-9-14(2)16(11-15(13)17)23-12-18(21)20-7-5-3-4-6-8-20/h9-11H,3-8,12H2,1-2H3. The maximum atomic E-state index is 12.4. The second kappa shape index (κ2) is 7.07. The lowest BCUT2D eigenvalue weighted by atomic mass is 10.1. The van der Waals surface area contributed by atoms with Gasteiger partial charge in [0.1, 0.15) is 11.3 Å². The molecule has 128 valence electrons. The number of nitrogens with zero attached hydrogens (tertiary/aromatic N) is 1. The summed E-state index contributed by atoms with van der Waals surface area (Å²) in [5.41, 5.74) is 1.87. The first-order valence-corrected chi connectivity index (χ1v) is 8.50. The van der Waals surface area contributed by atoms with Gasteiger partial charge in [0.15, 0.2) is 6.61 Å². The van der Waals surface area contributed by atoms with Crippen LogP contribution in [0.15, 0.2) is 27.4 Å². The van der Waals surface area contributed by atoms with Crippen LogP contribution in [0.4, 0.5) is 0 Å². The fraction of sp³-hybridized carbons (Fsp3) is 0.474. The SMILES string of the molecule is Cc1cc2oc(=O)cc(C)c2cc1OCC(=O)N1CCCCCC1.